The lowest BCUT2D eigenvalue weighted by atomic mass is 10.0. The van der Waals surface area contributed by atoms with E-state index in [-0.39, 0.29) is 0 Å². The minimum atomic E-state index is 0.700. The molecule has 100 valence electrons. The monoisotopic (exact) mass is 246 g/mol. The predicted octanol–water partition coefficient (Wildman–Crippen LogP) is 3.57. The van der Waals surface area contributed by atoms with Gasteiger partial charge in [-0.2, -0.15) is 0 Å². The number of nitrogens with one attached hydrogen (secondary N) is 1. The third kappa shape index (κ3) is 5.18. The van der Waals surface area contributed by atoms with Crippen molar-refractivity contribution in [3.05, 3.63) is 30.1 Å². The molecule has 1 atom stereocenters. The summed E-state index contributed by atoms with van der Waals surface area (Å²) in [5, 5.41) is 3.70. The Kier molecular flexibility index (Phi) is 5.66. The van der Waals surface area contributed by atoms with Gasteiger partial charge in [-0.15, -0.1) is 0 Å². The molecule has 0 aromatic carbocycles. The summed E-state index contributed by atoms with van der Waals surface area (Å²) in [5.74, 6) is 1.05. The molecule has 1 N–H and O–H groups in total. The molecule has 1 fully saturated rings. The van der Waals surface area contributed by atoms with Crippen molar-refractivity contribution in [3.8, 4) is 0 Å². The van der Waals surface area contributed by atoms with Gasteiger partial charge in [0.1, 0.15) is 0 Å². The Hall–Kier alpha value is -0.890. The van der Waals surface area contributed by atoms with Gasteiger partial charge in [-0.05, 0) is 56.2 Å². The maximum Gasteiger partial charge on any atom is 0.0299 e. The Balaban J connectivity index is 1.72. The highest BCUT2D eigenvalue weighted by Gasteiger charge is 2.22. The second-order valence-corrected chi connectivity index (χ2v) is 5.57. The van der Waals surface area contributed by atoms with Crippen LogP contribution in [0.2, 0.25) is 0 Å². The van der Waals surface area contributed by atoms with E-state index in [1.165, 1.54) is 44.1 Å². The van der Waals surface area contributed by atoms with Crippen LogP contribution in [0.1, 0.15) is 51.0 Å². The molecule has 0 saturated heterocycles. The van der Waals surface area contributed by atoms with Crippen LogP contribution in [0.4, 0.5) is 0 Å². The van der Waals surface area contributed by atoms with Gasteiger partial charge in [0.2, 0.25) is 0 Å². The van der Waals surface area contributed by atoms with Crippen LogP contribution in [-0.2, 0) is 6.42 Å². The second-order valence-electron chi connectivity index (χ2n) is 5.57. The minimum Gasteiger partial charge on any atom is -0.314 e. The van der Waals surface area contributed by atoms with Crippen molar-refractivity contribution in [2.24, 2.45) is 5.92 Å². The summed E-state index contributed by atoms with van der Waals surface area (Å²) >= 11 is 0. The first kappa shape index (κ1) is 13.5. The molecule has 0 radical (unpaired) electrons. The molecule has 2 nitrogen and oxygen atoms in total. The largest absolute Gasteiger partial charge is 0.314 e. The zero-order valence-corrected chi connectivity index (χ0v) is 11.6. The van der Waals surface area contributed by atoms with Crippen LogP contribution < -0.4 is 5.32 Å². The van der Waals surface area contributed by atoms with E-state index >= 15 is 0 Å². The number of nitrogens with zero attached hydrogens (tertiary/aromatic N) is 1. The Labute approximate surface area is 111 Å². The SMILES string of the molecule is CCCNC(CCc1cccnc1)CCC1CC1. The van der Waals surface area contributed by atoms with Crippen LogP contribution in [0, 0.1) is 5.92 Å². The molecule has 18 heavy (non-hydrogen) atoms. The van der Waals surface area contributed by atoms with Gasteiger partial charge >= 0.3 is 0 Å². The number of hydrogen-bond acceptors (Lipinski definition) is 2. The summed E-state index contributed by atoms with van der Waals surface area (Å²) in [6, 6.07) is 4.92. The minimum absolute atomic E-state index is 0.700. The second kappa shape index (κ2) is 7.52. The zero-order chi connectivity index (χ0) is 12.6. The average molecular weight is 246 g/mol. The predicted molar refractivity (Wildman–Crippen MR) is 76.6 cm³/mol. The summed E-state index contributed by atoms with van der Waals surface area (Å²) in [6.45, 7) is 3.40. The van der Waals surface area contributed by atoms with E-state index in [0.29, 0.717) is 6.04 Å². The average Bonchev–Trinajstić information content (AvgIpc) is 3.23. The van der Waals surface area contributed by atoms with Gasteiger partial charge in [-0.3, -0.25) is 4.98 Å². The van der Waals surface area contributed by atoms with Crippen molar-refractivity contribution < 1.29 is 0 Å². The molecule has 1 heterocycles. The highest BCUT2D eigenvalue weighted by Crippen LogP contribution is 2.34. The third-order valence-corrected chi connectivity index (χ3v) is 3.81. The standard InChI is InChI=1S/C16H26N2/c1-2-11-18-16(9-7-14-5-6-14)10-8-15-4-3-12-17-13-15/h3-4,12-14,16,18H,2,5-11H2,1H3. The summed E-state index contributed by atoms with van der Waals surface area (Å²) in [5.41, 5.74) is 1.37. The van der Waals surface area contributed by atoms with Crippen LogP contribution in [0.3, 0.4) is 0 Å². The molecule has 2 rings (SSSR count). The van der Waals surface area contributed by atoms with Gasteiger partial charge in [0, 0.05) is 18.4 Å². The molecule has 1 saturated carbocycles. The van der Waals surface area contributed by atoms with E-state index in [1.54, 1.807) is 0 Å². The molecule has 0 aliphatic heterocycles. The molecule has 2 heteroatoms. The first-order chi connectivity index (χ1) is 8.88. The first-order valence-corrected chi connectivity index (χ1v) is 7.50. The van der Waals surface area contributed by atoms with E-state index in [1.807, 2.05) is 18.5 Å². The molecule has 0 bridgehead atoms. The normalized spacial score (nSPS) is 16.7. The summed E-state index contributed by atoms with van der Waals surface area (Å²) in [6.07, 6.45) is 13.2. The molecule has 1 aromatic rings. The lowest BCUT2D eigenvalue weighted by Gasteiger charge is -2.18. The first-order valence-electron chi connectivity index (χ1n) is 7.50. The van der Waals surface area contributed by atoms with Crippen LogP contribution in [0.15, 0.2) is 24.5 Å². The van der Waals surface area contributed by atoms with Gasteiger partial charge in [-0.25, -0.2) is 0 Å². The maximum absolute atomic E-state index is 4.19. The third-order valence-electron chi connectivity index (χ3n) is 3.81. The summed E-state index contributed by atoms with van der Waals surface area (Å²) in [7, 11) is 0. The molecule has 1 aromatic heterocycles. The van der Waals surface area contributed by atoms with Crippen LogP contribution in [-0.4, -0.2) is 17.6 Å². The molecular weight excluding hydrogens is 220 g/mol. The number of hydrogen-bond donors (Lipinski definition) is 1. The fourth-order valence-electron chi connectivity index (χ4n) is 2.43. The maximum atomic E-state index is 4.19. The fourth-order valence-corrected chi connectivity index (χ4v) is 2.43. The van der Waals surface area contributed by atoms with Crippen molar-refractivity contribution in [1.82, 2.24) is 10.3 Å². The zero-order valence-electron chi connectivity index (χ0n) is 11.6. The number of aromatic nitrogens is 1. The Bertz CT molecular complexity index is 319. The van der Waals surface area contributed by atoms with Crippen molar-refractivity contribution >= 4 is 0 Å². The van der Waals surface area contributed by atoms with Crippen LogP contribution in [0.5, 0.6) is 0 Å². The molecule has 0 spiro atoms. The summed E-state index contributed by atoms with van der Waals surface area (Å²) < 4.78 is 0. The number of pyridine rings is 1. The molecular formula is C16H26N2. The van der Waals surface area contributed by atoms with Crippen molar-refractivity contribution in [1.29, 1.82) is 0 Å². The Morgan fingerprint density at radius 2 is 2.28 bits per heavy atom. The van der Waals surface area contributed by atoms with E-state index in [9.17, 15) is 0 Å². The highest BCUT2D eigenvalue weighted by molar-refractivity contribution is 5.08. The number of aryl methyl sites for hydroxylation is 1. The van der Waals surface area contributed by atoms with Crippen molar-refractivity contribution in [2.75, 3.05) is 6.54 Å². The highest BCUT2D eigenvalue weighted by atomic mass is 14.9. The van der Waals surface area contributed by atoms with E-state index in [0.717, 1.165) is 18.9 Å². The van der Waals surface area contributed by atoms with E-state index in [4.69, 9.17) is 0 Å². The quantitative estimate of drug-likeness (QED) is 0.720. The Morgan fingerprint density at radius 3 is 2.94 bits per heavy atom. The molecule has 1 unspecified atom stereocenters. The van der Waals surface area contributed by atoms with Gasteiger partial charge in [0.25, 0.3) is 0 Å². The van der Waals surface area contributed by atoms with Crippen molar-refractivity contribution in [2.45, 2.75) is 57.9 Å². The van der Waals surface area contributed by atoms with Crippen LogP contribution >= 0.6 is 0 Å². The van der Waals surface area contributed by atoms with Gasteiger partial charge in [0.15, 0.2) is 0 Å². The Morgan fingerprint density at radius 1 is 1.39 bits per heavy atom. The van der Waals surface area contributed by atoms with Gasteiger partial charge in [-0.1, -0.05) is 25.8 Å². The summed E-state index contributed by atoms with van der Waals surface area (Å²) in [4.78, 5) is 4.19. The van der Waals surface area contributed by atoms with Crippen LogP contribution in [0.25, 0.3) is 0 Å². The molecule has 1 aliphatic rings. The van der Waals surface area contributed by atoms with Crippen molar-refractivity contribution in [3.63, 3.8) is 0 Å². The van der Waals surface area contributed by atoms with Gasteiger partial charge < -0.3 is 5.32 Å². The molecule has 1 aliphatic carbocycles. The number of rotatable bonds is 9. The van der Waals surface area contributed by atoms with Gasteiger partial charge in [0.05, 0.1) is 0 Å². The lowest BCUT2D eigenvalue weighted by molar-refractivity contribution is 0.431. The molecule has 0 amide bonds. The topological polar surface area (TPSA) is 24.9 Å². The van der Waals surface area contributed by atoms with E-state index in [2.05, 4.69) is 23.3 Å². The lowest BCUT2D eigenvalue weighted by Crippen LogP contribution is -2.30. The fraction of sp³-hybridized carbons (Fsp3) is 0.688. The van der Waals surface area contributed by atoms with E-state index < -0.39 is 0 Å². The smallest absolute Gasteiger partial charge is 0.0299 e.